The van der Waals surface area contributed by atoms with E-state index in [9.17, 15) is 4.79 Å². The van der Waals surface area contributed by atoms with Gasteiger partial charge in [-0.1, -0.05) is 20.8 Å². The molecule has 1 rings (SSSR count). The van der Waals surface area contributed by atoms with Crippen molar-refractivity contribution in [1.29, 1.82) is 0 Å². The molecule has 0 atom stereocenters. The summed E-state index contributed by atoms with van der Waals surface area (Å²) in [7, 11) is 3.21. The fourth-order valence-electron chi connectivity index (χ4n) is 1.65. The lowest BCUT2D eigenvalue weighted by Crippen LogP contribution is -2.28. The molecule has 1 aromatic rings. The number of methoxy groups -OCH3 is 2. The average Bonchev–Trinajstić information content (AvgIpc) is 2.48. The minimum absolute atomic E-state index is 0.0503. The van der Waals surface area contributed by atoms with Gasteiger partial charge in [-0.05, 0) is 18.2 Å². The maximum absolute atomic E-state index is 11.8. The highest BCUT2D eigenvalue weighted by Gasteiger charge is 2.10. The molecule has 0 unspecified atom stereocenters. The van der Waals surface area contributed by atoms with Crippen LogP contribution in [0.25, 0.3) is 0 Å². The van der Waals surface area contributed by atoms with Crippen LogP contribution >= 0.6 is 23.5 Å². The Morgan fingerprint density at radius 3 is 2.45 bits per heavy atom. The van der Waals surface area contributed by atoms with Crippen molar-refractivity contribution in [3.05, 3.63) is 18.2 Å². The fraction of sp³-hybridized carbons (Fsp3) is 0.562. The number of carbonyl (C=O) groups excluding carboxylic acids is 1. The van der Waals surface area contributed by atoms with E-state index in [0.717, 1.165) is 10.6 Å². The topological polar surface area (TPSA) is 47.6 Å². The maximum Gasteiger partial charge on any atom is 0.230 e. The van der Waals surface area contributed by atoms with E-state index in [0.29, 0.717) is 23.8 Å². The Balaban J connectivity index is 2.35. The highest BCUT2D eigenvalue weighted by Crippen LogP contribution is 2.31. The first-order valence-electron chi connectivity index (χ1n) is 7.11. The standard InChI is InChI=1S/C16H25NO3S2/c1-16(2,3)22-9-8-17-15(18)11-21-12-6-7-13(19-4)14(10-12)20-5/h6-7,10H,8-9,11H2,1-5H3,(H,17,18). The van der Waals surface area contributed by atoms with E-state index in [1.54, 1.807) is 14.2 Å². The van der Waals surface area contributed by atoms with Gasteiger partial charge in [-0.15, -0.1) is 11.8 Å². The van der Waals surface area contributed by atoms with Gasteiger partial charge in [0.15, 0.2) is 11.5 Å². The van der Waals surface area contributed by atoms with Crippen LogP contribution in [0.1, 0.15) is 20.8 Å². The minimum atomic E-state index is 0.0503. The highest BCUT2D eigenvalue weighted by atomic mass is 32.2. The number of thioether (sulfide) groups is 2. The van der Waals surface area contributed by atoms with Crippen LogP contribution in [0.3, 0.4) is 0 Å². The third-order valence-electron chi connectivity index (χ3n) is 2.68. The number of ether oxygens (including phenoxy) is 2. The van der Waals surface area contributed by atoms with E-state index >= 15 is 0 Å². The van der Waals surface area contributed by atoms with Crippen molar-refractivity contribution in [2.45, 2.75) is 30.4 Å². The van der Waals surface area contributed by atoms with Crippen LogP contribution in [0.4, 0.5) is 0 Å². The maximum atomic E-state index is 11.8. The summed E-state index contributed by atoms with van der Waals surface area (Å²) in [5.74, 6) is 2.74. The molecule has 0 bridgehead atoms. The van der Waals surface area contributed by atoms with Gasteiger partial charge in [0.2, 0.25) is 5.91 Å². The Morgan fingerprint density at radius 2 is 1.86 bits per heavy atom. The number of nitrogens with one attached hydrogen (secondary N) is 1. The molecule has 0 fully saturated rings. The molecule has 0 spiro atoms. The van der Waals surface area contributed by atoms with Crippen molar-refractivity contribution < 1.29 is 14.3 Å². The lowest BCUT2D eigenvalue weighted by atomic mass is 10.3. The zero-order valence-corrected chi connectivity index (χ0v) is 15.5. The second kappa shape index (κ2) is 9.20. The molecule has 0 aromatic heterocycles. The number of amides is 1. The van der Waals surface area contributed by atoms with Crippen LogP contribution in [0.5, 0.6) is 11.5 Å². The van der Waals surface area contributed by atoms with Crippen molar-refractivity contribution in [1.82, 2.24) is 5.32 Å². The molecule has 0 heterocycles. The van der Waals surface area contributed by atoms with Crippen LogP contribution in [0, 0.1) is 0 Å². The van der Waals surface area contributed by atoms with Gasteiger partial charge in [0.1, 0.15) is 0 Å². The molecule has 124 valence electrons. The van der Waals surface area contributed by atoms with E-state index < -0.39 is 0 Å². The molecule has 0 saturated carbocycles. The Bertz CT molecular complexity index is 487. The van der Waals surface area contributed by atoms with E-state index in [4.69, 9.17) is 9.47 Å². The number of benzene rings is 1. The molecule has 4 nitrogen and oxygen atoms in total. The van der Waals surface area contributed by atoms with Crippen LogP contribution in [-0.4, -0.2) is 42.9 Å². The van der Waals surface area contributed by atoms with Crippen molar-refractivity contribution in [2.24, 2.45) is 0 Å². The Morgan fingerprint density at radius 1 is 1.18 bits per heavy atom. The third kappa shape index (κ3) is 7.31. The quantitative estimate of drug-likeness (QED) is 0.579. The summed E-state index contributed by atoms with van der Waals surface area (Å²) in [5.41, 5.74) is 0. The molecule has 0 aliphatic rings. The first-order chi connectivity index (χ1) is 10.4. The molecule has 6 heteroatoms. The molecular weight excluding hydrogens is 318 g/mol. The Labute approximate surface area is 141 Å². The first kappa shape index (κ1) is 19.0. The van der Waals surface area contributed by atoms with E-state index in [1.807, 2.05) is 30.0 Å². The summed E-state index contributed by atoms with van der Waals surface area (Å²) >= 11 is 3.33. The molecule has 0 radical (unpaired) electrons. The zero-order valence-electron chi connectivity index (χ0n) is 13.9. The Kier molecular flexibility index (Phi) is 7.96. The van der Waals surface area contributed by atoms with Gasteiger partial charge in [-0.3, -0.25) is 4.79 Å². The fourth-order valence-corrected chi connectivity index (χ4v) is 3.22. The largest absolute Gasteiger partial charge is 0.493 e. The minimum Gasteiger partial charge on any atom is -0.493 e. The highest BCUT2D eigenvalue weighted by molar-refractivity contribution is 8.00. The second-order valence-electron chi connectivity index (χ2n) is 5.62. The van der Waals surface area contributed by atoms with Crippen molar-refractivity contribution in [2.75, 3.05) is 32.3 Å². The van der Waals surface area contributed by atoms with Gasteiger partial charge in [0.25, 0.3) is 0 Å². The summed E-state index contributed by atoms with van der Waals surface area (Å²) in [5, 5.41) is 2.94. The van der Waals surface area contributed by atoms with Crippen LogP contribution in [0.2, 0.25) is 0 Å². The lowest BCUT2D eigenvalue weighted by Gasteiger charge is -2.17. The average molecular weight is 344 g/mol. The van der Waals surface area contributed by atoms with E-state index in [1.165, 1.54) is 11.8 Å². The number of carbonyl (C=O) groups is 1. The number of hydrogen-bond acceptors (Lipinski definition) is 5. The monoisotopic (exact) mass is 343 g/mol. The van der Waals surface area contributed by atoms with Gasteiger partial charge in [-0.25, -0.2) is 0 Å². The van der Waals surface area contributed by atoms with E-state index in [-0.39, 0.29) is 10.7 Å². The summed E-state index contributed by atoms with van der Waals surface area (Å²) in [4.78, 5) is 12.8. The normalized spacial score (nSPS) is 11.1. The van der Waals surface area contributed by atoms with Gasteiger partial charge in [-0.2, -0.15) is 11.8 Å². The molecule has 22 heavy (non-hydrogen) atoms. The van der Waals surface area contributed by atoms with Crippen molar-refractivity contribution in [3.63, 3.8) is 0 Å². The molecule has 0 aliphatic heterocycles. The predicted octanol–water partition coefficient (Wildman–Crippen LogP) is 3.44. The molecule has 1 N–H and O–H groups in total. The van der Waals surface area contributed by atoms with Crippen LogP contribution in [-0.2, 0) is 4.79 Å². The molecule has 0 aliphatic carbocycles. The van der Waals surface area contributed by atoms with Crippen LogP contribution in [0.15, 0.2) is 23.1 Å². The number of rotatable bonds is 8. The van der Waals surface area contributed by atoms with Gasteiger partial charge < -0.3 is 14.8 Å². The smallest absolute Gasteiger partial charge is 0.230 e. The van der Waals surface area contributed by atoms with Crippen molar-refractivity contribution >= 4 is 29.4 Å². The van der Waals surface area contributed by atoms with E-state index in [2.05, 4.69) is 26.1 Å². The molecule has 1 amide bonds. The summed E-state index contributed by atoms with van der Waals surface area (Å²) in [6.45, 7) is 7.22. The number of hydrogen-bond donors (Lipinski definition) is 1. The van der Waals surface area contributed by atoms with Gasteiger partial charge in [0.05, 0.1) is 20.0 Å². The summed E-state index contributed by atoms with van der Waals surface area (Å²) < 4.78 is 10.7. The molecule has 0 saturated heterocycles. The predicted molar refractivity (Wildman–Crippen MR) is 95.5 cm³/mol. The summed E-state index contributed by atoms with van der Waals surface area (Å²) in [6.07, 6.45) is 0. The lowest BCUT2D eigenvalue weighted by molar-refractivity contribution is -0.118. The van der Waals surface area contributed by atoms with Gasteiger partial charge in [0, 0.05) is 21.9 Å². The first-order valence-corrected chi connectivity index (χ1v) is 9.08. The Hall–Kier alpha value is -1.01. The SMILES string of the molecule is COc1ccc(SCC(=O)NCCSC(C)(C)C)cc1OC. The van der Waals surface area contributed by atoms with Crippen LogP contribution < -0.4 is 14.8 Å². The molecular formula is C16H25NO3S2. The zero-order chi connectivity index (χ0) is 16.6. The van der Waals surface area contributed by atoms with Gasteiger partial charge >= 0.3 is 0 Å². The van der Waals surface area contributed by atoms with Crippen molar-refractivity contribution in [3.8, 4) is 11.5 Å². The third-order valence-corrected chi connectivity index (χ3v) is 4.95. The summed E-state index contributed by atoms with van der Waals surface area (Å²) in [6, 6.07) is 5.65. The second-order valence-corrected chi connectivity index (χ2v) is 8.59. The molecule has 1 aromatic carbocycles.